The molecule has 0 unspecified atom stereocenters. The number of thiophene rings is 1. The summed E-state index contributed by atoms with van der Waals surface area (Å²) in [7, 11) is 0. The summed E-state index contributed by atoms with van der Waals surface area (Å²) in [5.41, 5.74) is 4.96. The molecular formula is C38H22N4S2. The monoisotopic (exact) mass is 598 g/mol. The summed E-state index contributed by atoms with van der Waals surface area (Å²) in [5, 5.41) is 5.71. The molecule has 0 aliphatic heterocycles. The molecule has 3 heterocycles. The number of benzene rings is 6. The normalized spacial score (nSPS) is 11.6. The van der Waals surface area contributed by atoms with Gasteiger partial charge in [0.1, 0.15) is 5.01 Å². The fourth-order valence-electron chi connectivity index (χ4n) is 5.90. The van der Waals surface area contributed by atoms with Crippen molar-refractivity contribution in [2.45, 2.75) is 0 Å². The molecule has 0 saturated heterocycles. The van der Waals surface area contributed by atoms with Crippen molar-refractivity contribution in [3.05, 3.63) is 133 Å². The lowest BCUT2D eigenvalue weighted by Gasteiger charge is -2.11. The minimum atomic E-state index is 0.638. The van der Waals surface area contributed by atoms with E-state index in [1.807, 2.05) is 24.3 Å². The van der Waals surface area contributed by atoms with Crippen LogP contribution in [0.15, 0.2) is 133 Å². The van der Waals surface area contributed by atoms with Crippen molar-refractivity contribution < 1.29 is 0 Å². The van der Waals surface area contributed by atoms with Gasteiger partial charge in [-0.2, -0.15) is 0 Å². The molecule has 206 valence electrons. The second-order valence-electron chi connectivity index (χ2n) is 10.7. The summed E-state index contributed by atoms with van der Waals surface area (Å²) in [6.45, 7) is 0. The lowest BCUT2D eigenvalue weighted by Crippen LogP contribution is -2.00. The fourth-order valence-corrected chi connectivity index (χ4v) is 8.20. The van der Waals surface area contributed by atoms with E-state index in [0.29, 0.717) is 17.5 Å². The van der Waals surface area contributed by atoms with Crippen molar-refractivity contribution >= 4 is 63.8 Å². The molecule has 4 nitrogen and oxygen atoms in total. The molecule has 0 fully saturated rings. The van der Waals surface area contributed by atoms with Gasteiger partial charge in [0.05, 0.1) is 10.2 Å². The average molecular weight is 599 g/mol. The number of fused-ring (bicyclic) bond motifs is 6. The predicted molar refractivity (Wildman–Crippen MR) is 185 cm³/mol. The molecule has 0 aliphatic carbocycles. The second-order valence-corrected chi connectivity index (χ2v) is 12.7. The maximum atomic E-state index is 5.20. The predicted octanol–water partition coefficient (Wildman–Crippen LogP) is 10.7. The molecule has 0 aliphatic rings. The van der Waals surface area contributed by atoms with E-state index in [1.54, 1.807) is 22.7 Å². The Kier molecular flexibility index (Phi) is 5.82. The van der Waals surface area contributed by atoms with Gasteiger partial charge in [0.15, 0.2) is 17.5 Å². The SMILES string of the molecule is c1ccc(-c2nc(-c3cc4nc(-c5ccccc5)sc4c4ccccc34)nc(-c3cccc4c3sc3ccccc34)n2)cc1. The first-order valence-electron chi connectivity index (χ1n) is 14.4. The van der Waals surface area contributed by atoms with Crippen LogP contribution in [0.3, 0.4) is 0 Å². The van der Waals surface area contributed by atoms with Crippen LogP contribution in [-0.2, 0) is 0 Å². The number of aromatic nitrogens is 4. The van der Waals surface area contributed by atoms with E-state index in [2.05, 4.69) is 109 Å². The molecule has 0 amide bonds. The largest absolute Gasteiger partial charge is 0.236 e. The molecule has 44 heavy (non-hydrogen) atoms. The number of rotatable bonds is 4. The number of thiazole rings is 1. The smallest absolute Gasteiger partial charge is 0.165 e. The fraction of sp³-hybridized carbons (Fsp3) is 0. The Morgan fingerprint density at radius 1 is 0.386 bits per heavy atom. The van der Waals surface area contributed by atoms with Crippen molar-refractivity contribution in [3.8, 4) is 44.7 Å². The molecule has 9 rings (SSSR count). The second kappa shape index (κ2) is 10.2. The molecule has 3 aromatic heterocycles. The van der Waals surface area contributed by atoms with E-state index in [4.69, 9.17) is 19.9 Å². The van der Waals surface area contributed by atoms with Gasteiger partial charge in [-0.1, -0.05) is 115 Å². The molecule has 9 aromatic rings. The Labute approximate surface area is 261 Å². The van der Waals surface area contributed by atoms with Crippen LogP contribution in [0.5, 0.6) is 0 Å². The maximum absolute atomic E-state index is 5.20. The van der Waals surface area contributed by atoms with Crippen molar-refractivity contribution in [3.63, 3.8) is 0 Å². The molecule has 6 heteroatoms. The molecule has 0 saturated carbocycles. The summed E-state index contributed by atoms with van der Waals surface area (Å²) in [5.74, 6) is 1.95. The zero-order chi connectivity index (χ0) is 29.0. The van der Waals surface area contributed by atoms with Gasteiger partial charge in [-0.05, 0) is 23.6 Å². The summed E-state index contributed by atoms with van der Waals surface area (Å²) < 4.78 is 3.59. The maximum Gasteiger partial charge on any atom is 0.165 e. The summed E-state index contributed by atoms with van der Waals surface area (Å²) in [6, 6.07) is 46.1. The zero-order valence-corrected chi connectivity index (χ0v) is 24.9. The van der Waals surface area contributed by atoms with Gasteiger partial charge in [-0.15, -0.1) is 22.7 Å². The summed E-state index contributed by atoms with van der Waals surface area (Å²) in [6.07, 6.45) is 0. The Bertz CT molecular complexity index is 2500. The van der Waals surface area contributed by atoms with Crippen LogP contribution in [0.2, 0.25) is 0 Å². The first-order chi connectivity index (χ1) is 21.8. The highest BCUT2D eigenvalue weighted by molar-refractivity contribution is 7.26. The Hall–Kier alpha value is -5.30. The highest BCUT2D eigenvalue weighted by atomic mass is 32.1. The number of nitrogens with zero attached hydrogens (tertiary/aromatic N) is 4. The van der Waals surface area contributed by atoms with E-state index in [1.165, 1.54) is 20.2 Å². The number of hydrogen-bond donors (Lipinski definition) is 0. The molecule has 0 bridgehead atoms. The molecule has 0 N–H and O–H groups in total. The van der Waals surface area contributed by atoms with Crippen LogP contribution in [-0.4, -0.2) is 19.9 Å². The Morgan fingerprint density at radius 2 is 0.977 bits per heavy atom. The Morgan fingerprint density at radius 3 is 1.77 bits per heavy atom. The van der Waals surface area contributed by atoms with Crippen LogP contribution in [0.25, 0.3) is 85.9 Å². The van der Waals surface area contributed by atoms with Gasteiger partial charge in [0.25, 0.3) is 0 Å². The lowest BCUT2D eigenvalue weighted by atomic mass is 10.0. The first kappa shape index (κ1) is 25.2. The van der Waals surface area contributed by atoms with Gasteiger partial charge >= 0.3 is 0 Å². The minimum absolute atomic E-state index is 0.638. The molecule has 6 aromatic carbocycles. The van der Waals surface area contributed by atoms with Gasteiger partial charge in [-0.3, -0.25) is 0 Å². The van der Waals surface area contributed by atoms with E-state index in [-0.39, 0.29) is 0 Å². The van der Waals surface area contributed by atoms with Crippen LogP contribution in [0.1, 0.15) is 0 Å². The van der Waals surface area contributed by atoms with Crippen molar-refractivity contribution in [2.24, 2.45) is 0 Å². The molecule has 0 spiro atoms. The van der Waals surface area contributed by atoms with E-state index in [0.717, 1.165) is 48.3 Å². The van der Waals surface area contributed by atoms with Crippen molar-refractivity contribution in [1.29, 1.82) is 0 Å². The Balaban J connectivity index is 1.32. The zero-order valence-electron chi connectivity index (χ0n) is 23.3. The van der Waals surface area contributed by atoms with E-state index in [9.17, 15) is 0 Å². The molecule has 0 atom stereocenters. The van der Waals surface area contributed by atoms with Gasteiger partial charge in [0, 0.05) is 47.8 Å². The summed E-state index contributed by atoms with van der Waals surface area (Å²) in [4.78, 5) is 20.5. The van der Waals surface area contributed by atoms with Crippen molar-refractivity contribution in [2.75, 3.05) is 0 Å². The van der Waals surface area contributed by atoms with E-state index < -0.39 is 0 Å². The van der Waals surface area contributed by atoms with Gasteiger partial charge < -0.3 is 0 Å². The highest BCUT2D eigenvalue weighted by Gasteiger charge is 2.19. The molecule has 0 radical (unpaired) electrons. The minimum Gasteiger partial charge on any atom is -0.236 e. The average Bonchev–Trinajstić information content (AvgIpc) is 3.71. The molecular weight excluding hydrogens is 577 g/mol. The highest BCUT2D eigenvalue weighted by Crippen LogP contribution is 2.42. The topological polar surface area (TPSA) is 51.6 Å². The third kappa shape index (κ3) is 4.11. The van der Waals surface area contributed by atoms with Gasteiger partial charge in [-0.25, -0.2) is 19.9 Å². The van der Waals surface area contributed by atoms with Crippen LogP contribution in [0.4, 0.5) is 0 Å². The standard InChI is InChI=1S/C38H22N4S2/c1-3-12-23(13-4-1)35-40-36(29-20-11-19-28-26-17-9-10-21-32(26)43-33(28)29)42-37(41-35)30-22-31-34(27-18-8-7-16-25(27)30)44-38(39-31)24-14-5-2-6-15-24/h1-22H. The van der Waals surface area contributed by atoms with Crippen LogP contribution >= 0.6 is 22.7 Å². The van der Waals surface area contributed by atoms with Crippen LogP contribution < -0.4 is 0 Å². The van der Waals surface area contributed by atoms with Crippen LogP contribution in [0, 0.1) is 0 Å². The van der Waals surface area contributed by atoms with Gasteiger partial charge in [0.2, 0.25) is 0 Å². The number of hydrogen-bond acceptors (Lipinski definition) is 6. The third-order valence-electron chi connectivity index (χ3n) is 7.97. The van der Waals surface area contributed by atoms with E-state index >= 15 is 0 Å². The first-order valence-corrected chi connectivity index (χ1v) is 16.0. The van der Waals surface area contributed by atoms with Crippen molar-refractivity contribution in [1.82, 2.24) is 19.9 Å². The summed E-state index contributed by atoms with van der Waals surface area (Å²) >= 11 is 3.51. The lowest BCUT2D eigenvalue weighted by molar-refractivity contribution is 1.08. The third-order valence-corrected chi connectivity index (χ3v) is 10.3. The quantitative estimate of drug-likeness (QED) is 0.202.